The summed E-state index contributed by atoms with van der Waals surface area (Å²) >= 11 is 6.02. The summed E-state index contributed by atoms with van der Waals surface area (Å²) in [7, 11) is 0. The van der Waals surface area contributed by atoms with Crippen LogP contribution in [-0.2, 0) is 6.54 Å². The molecule has 4 rings (SSSR count). The van der Waals surface area contributed by atoms with Crippen molar-refractivity contribution in [2.75, 3.05) is 26.2 Å². The highest BCUT2D eigenvalue weighted by molar-refractivity contribution is 6.31. The quantitative estimate of drug-likeness (QED) is 0.635. The molecule has 1 saturated heterocycles. The SMILES string of the molecule is O=C(c1cc2cc(Cl)ccc2oc1=O)N1CCCN(Cc2cccnc2)CC1. The molecule has 6 nitrogen and oxygen atoms in total. The maximum Gasteiger partial charge on any atom is 0.349 e. The van der Waals surface area contributed by atoms with Gasteiger partial charge in [-0.25, -0.2) is 4.79 Å². The maximum atomic E-state index is 13.0. The molecule has 0 atom stereocenters. The third-order valence-corrected chi connectivity index (χ3v) is 5.16. The van der Waals surface area contributed by atoms with Gasteiger partial charge in [0.15, 0.2) is 0 Å². The first-order valence-electron chi connectivity index (χ1n) is 9.24. The molecule has 0 aliphatic carbocycles. The Morgan fingerprint density at radius 1 is 1.14 bits per heavy atom. The van der Waals surface area contributed by atoms with E-state index < -0.39 is 5.63 Å². The van der Waals surface area contributed by atoms with Crippen LogP contribution in [0.4, 0.5) is 0 Å². The molecule has 2 aromatic heterocycles. The van der Waals surface area contributed by atoms with E-state index in [1.165, 1.54) is 0 Å². The van der Waals surface area contributed by atoms with E-state index in [1.807, 2.05) is 18.3 Å². The number of hydrogen-bond donors (Lipinski definition) is 0. The second-order valence-corrected chi connectivity index (χ2v) is 7.35. The fourth-order valence-corrected chi connectivity index (χ4v) is 3.68. The zero-order chi connectivity index (χ0) is 19.5. The number of halogens is 1. The molecule has 144 valence electrons. The first-order chi connectivity index (χ1) is 13.6. The lowest BCUT2D eigenvalue weighted by Crippen LogP contribution is -2.37. The number of nitrogens with zero attached hydrogens (tertiary/aromatic N) is 3. The molecule has 28 heavy (non-hydrogen) atoms. The number of hydrogen-bond acceptors (Lipinski definition) is 5. The topological polar surface area (TPSA) is 66.7 Å². The fourth-order valence-electron chi connectivity index (χ4n) is 3.50. The maximum absolute atomic E-state index is 13.0. The van der Waals surface area contributed by atoms with Crippen molar-refractivity contribution in [3.8, 4) is 0 Å². The summed E-state index contributed by atoms with van der Waals surface area (Å²) in [6.45, 7) is 3.60. The number of amides is 1. The molecule has 0 saturated carbocycles. The third kappa shape index (κ3) is 4.08. The first kappa shape index (κ1) is 18.7. The minimum absolute atomic E-state index is 0.0514. The highest BCUT2D eigenvalue weighted by Gasteiger charge is 2.23. The van der Waals surface area contributed by atoms with Crippen LogP contribution in [0.5, 0.6) is 0 Å². The van der Waals surface area contributed by atoms with Gasteiger partial charge in [-0.3, -0.25) is 14.7 Å². The number of carbonyl (C=O) groups excluding carboxylic acids is 1. The molecule has 3 heterocycles. The number of pyridine rings is 1. The summed E-state index contributed by atoms with van der Waals surface area (Å²) in [6.07, 6.45) is 4.46. The van der Waals surface area contributed by atoms with Gasteiger partial charge in [-0.1, -0.05) is 17.7 Å². The minimum atomic E-state index is -0.615. The molecular formula is C21H20ClN3O3. The second kappa shape index (κ2) is 8.12. The Morgan fingerprint density at radius 2 is 2.04 bits per heavy atom. The summed E-state index contributed by atoms with van der Waals surface area (Å²) in [5, 5.41) is 1.17. The van der Waals surface area contributed by atoms with E-state index in [-0.39, 0.29) is 11.5 Å². The Hall–Kier alpha value is -2.70. The van der Waals surface area contributed by atoms with Crippen molar-refractivity contribution in [1.29, 1.82) is 0 Å². The van der Waals surface area contributed by atoms with Crippen molar-refractivity contribution in [3.05, 3.63) is 75.4 Å². The number of carbonyl (C=O) groups is 1. The van der Waals surface area contributed by atoms with Crippen molar-refractivity contribution >= 4 is 28.5 Å². The molecule has 7 heteroatoms. The van der Waals surface area contributed by atoms with Crippen molar-refractivity contribution < 1.29 is 9.21 Å². The lowest BCUT2D eigenvalue weighted by atomic mass is 10.1. The molecule has 0 spiro atoms. The molecule has 1 amide bonds. The van der Waals surface area contributed by atoms with Crippen LogP contribution in [0.2, 0.25) is 5.02 Å². The standard InChI is InChI=1S/C21H20ClN3O3/c22-17-4-5-19-16(11-17)12-18(21(27)28-19)20(26)25-8-2-7-24(9-10-25)14-15-3-1-6-23-13-15/h1,3-6,11-13H,2,7-10,14H2. The van der Waals surface area contributed by atoms with Crippen molar-refractivity contribution in [1.82, 2.24) is 14.8 Å². The third-order valence-electron chi connectivity index (χ3n) is 4.93. The molecule has 1 fully saturated rings. The van der Waals surface area contributed by atoms with E-state index in [0.717, 1.165) is 31.6 Å². The van der Waals surface area contributed by atoms with Crippen LogP contribution in [0.25, 0.3) is 11.0 Å². The normalized spacial score (nSPS) is 15.5. The Kier molecular flexibility index (Phi) is 5.41. The number of rotatable bonds is 3. The van der Waals surface area contributed by atoms with Crippen molar-refractivity contribution in [2.24, 2.45) is 0 Å². The monoisotopic (exact) mass is 397 g/mol. The van der Waals surface area contributed by atoms with Gasteiger partial charge in [-0.2, -0.15) is 0 Å². The van der Waals surface area contributed by atoms with Crippen LogP contribution in [0.15, 0.2) is 58.0 Å². The van der Waals surface area contributed by atoms with Crippen LogP contribution >= 0.6 is 11.6 Å². The average molecular weight is 398 g/mol. The minimum Gasteiger partial charge on any atom is -0.422 e. The number of fused-ring (bicyclic) bond motifs is 1. The highest BCUT2D eigenvalue weighted by Crippen LogP contribution is 2.20. The predicted molar refractivity (Wildman–Crippen MR) is 108 cm³/mol. The van der Waals surface area contributed by atoms with E-state index in [0.29, 0.717) is 29.1 Å². The second-order valence-electron chi connectivity index (χ2n) is 6.91. The molecule has 3 aromatic rings. The lowest BCUT2D eigenvalue weighted by molar-refractivity contribution is 0.0757. The van der Waals surface area contributed by atoms with Gasteiger partial charge in [0, 0.05) is 55.5 Å². The van der Waals surface area contributed by atoms with Gasteiger partial charge in [0.05, 0.1) is 0 Å². The summed E-state index contributed by atoms with van der Waals surface area (Å²) in [5.74, 6) is -0.293. The smallest absolute Gasteiger partial charge is 0.349 e. The van der Waals surface area contributed by atoms with Gasteiger partial charge in [0.25, 0.3) is 5.91 Å². The molecular weight excluding hydrogens is 378 g/mol. The van der Waals surface area contributed by atoms with Crippen LogP contribution < -0.4 is 5.63 Å². The molecule has 0 N–H and O–H groups in total. The highest BCUT2D eigenvalue weighted by atomic mass is 35.5. The van der Waals surface area contributed by atoms with Crippen LogP contribution in [0.1, 0.15) is 22.3 Å². The summed E-state index contributed by atoms with van der Waals surface area (Å²) < 4.78 is 5.31. The van der Waals surface area contributed by atoms with Gasteiger partial charge in [-0.05, 0) is 42.3 Å². The zero-order valence-electron chi connectivity index (χ0n) is 15.3. The van der Waals surface area contributed by atoms with E-state index in [1.54, 1.807) is 35.4 Å². The molecule has 1 aliphatic rings. The lowest BCUT2D eigenvalue weighted by Gasteiger charge is -2.21. The Labute approximate surface area is 167 Å². The van der Waals surface area contributed by atoms with Gasteiger partial charge in [0.1, 0.15) is 11.1 Å². The molecule has 0 radical (unpaired) electrons. The van der Waals surface area contributed by atoms with Gasteiger partial charge >= 0.3 is 5.63 Å². The fraction of sp³-hybridized carbons (Fsp3) is 0.286. The predicted octanol–water partition coefficient (Wildman–Crippen LogP) is 3.19. The van der Waals surface area contributed by atoms with Crippen molar-refractivity contribution in [3.63, 3.8) is 0 Å². The van der Waals surface area contributed by atoms with Gasteiger partial charge in [-0.15, -0.1) is 0 Å². The van der Waals surface area contributed by atoms with Crippen molar-refractivity contribution in [2.45, 2.75) is 13.0 Å². The van der Waals surface area contributed by atoms with E-state index in [2.05, 4.69) is 9.88 Å². The van der Waals surface area contributed by atoms with E-state index in [4.69, 9.17) is 16.0 Å². The zero-order valence-corrected chi connectivity index (χ0v) is 16.1. The molecule has 0 bridgehead atoms. The Morgan fingerprint density at radius 3 is 2.86 bits per heavy atom. The van der Waals surface area contributed by atoms with Crippen LogP contribution in [-0.4, -0.2) is 46.9 Å². The molecule has 1 aromatic carbocycles. The van der Waals surface area contributed by atoms with E-state index in [9.17, 15) is 9.59 Å². The number of aromatic nitrogens is 1. The van der Waals surface area contributed by atoms with Gasteiger partial charge in [0.2, 0.25) is 0 Å². The van der Waals surface area contributed by atoms with E-state index >= 15 is 0 Å². The van der Waals surface area contributed by atoms with Crippen LogP contribution in [0, 0.1) is 0 Å². The Balaban J connectivity index is 1.50. The average Bonchev–Trinajstić information content (AvgIpc) is 2.94. The Bertz CT molecular complexity index is 1050. The summed E-state index contributed by atoms with van der Waals surface area (Å²) in [4.78, 5) is 33.5. The summed E-state index contributed by atoms with van der Waals surface area (Å²) in [5.41, 5.74) is 1.01. The first-order valence-corrected chi connectivity index (χ1v) is 9.62. The van der Waals surface area contributed by atoms with Gasteiger partial charge < -0.3 is 9.32 Å². The largest absolute Gasteiger partial charge is 0.422 e. The summed E-state index contributed by atoms with van der Waals surface area (Å²) in [6, 6.07) is 10.5. The number of benzene rings is 1. The molecule has 0 unspecified atom stereocenters. The molecule has 1 aliphatic heterocycles. The van der Waals surface area contributed by atoms with Crippen LogP contribution in [0.3, 0.4) is 0 Å².